The van der Waals surface area contributed by atoms with Crippen molar-refractivity contribution in [1.82, 2.24) is 0 Å². The van der Waals surface area contributed by atoms with Gasteiger partial charge >= 0.3 is 5.97 Å². The van der Waals surface area contributed by atoms with Crippen LogP contribution in [0.5, 0.6) is 0 Å². The van der Waals surface area contributed by atoms with Gasteiger partial charge < -0.3 is 5.11 Å². The van der Waals surface area contributed by atoms with Gasteiger partial charge in [-0.2, -0.15) is 0 Å². The number of hydrogen-bond acceptors (Lipinski definition) is 2. The molecule has 0 heterocycles. The zero-order valence-corrected chi connectivity index (χ0v) is 14.4. The molecular formula is C19H30O3. The van der Waals surface area contributed by atoms with Gasteiger partial charge in [0.2, 0.25) is 0 Å². The van der Waals surface area contributed by atoms with E-state index in [1.807, 2.05) is 6.08 Å². The predicted octanol–water partition coefficient (Wildman–Crippen LogP) is 5.23. The lowest BCUT2D eigenvalue weighted by Crippen LogP contribution is -2.05. The van der Waals surface area contributed by atoms with Crippen LogP contribution in [0.25, 0.3) is 0 Å². The van der Waals surface area contributed by atoms with Crippen LogP contribution in [0.2, 0.25) is 0 Å². The quantitative estimate of drug-likeness (QED) is 0.420. The molecule has 3 nitrogen and oxygen atoms in total. The van der Waals surface area contributed by atoms with Crippen LogP contribution in [0, 0.1) is 0 Å². The van der Waals surface area contributed by atoms with E-state index in [0.717, 1.165) is 25.7 Å². The standard InChI is InChI=1S/C19H30O3/c1-15(2)8-5-9-16(3)10-6-11-17(4)12-7-13-18(20)14-19(21)22/h8,10,12H,5-7,9,11,13-14H2,1-4H3,(H,21,22)/b16-10+,17-12?. The van der Waals surface area contributed by atoms with Crippen molar-refractivity contribution in [2.24, 2.45) is 0 Å². The van der Waals surface area contributed by atoms with Crippen molar-refractivity contribution in [3.8, 4) is 0 Å². The molecule has 22 heavy (non-hydrogen) atoms. The van der Waals surface area contributed by atoms with Gasteiger partial charge in [-0.1, -0.05) is 34.9 Å². The van der Waals surface area contributed by atoms with Gasteiger partial charge in [0.1, 0.15) is 12.2 Å². The summed E-state index contributed by atoms with van der Waals surface area (Å²) in [5, 5.41) is 8.51. The highest BCUT2D eigenvalue weighted by Crippen LogP contribution is 2.12. The van der Waals surface area contributed by atoms with Gasteiger partial charge in [-0.15, -0.1) is 0 Å². The van der Waals surface area contributed by atoms with Crippen LogP contribution in [0.1, 0.15) is 72.6 Å². The lowest BCUT2D eigenvalue weighted by molar-refractivity contribution is -0.140. The van der Waals surface area contributed by atoms with E-state index in [9.17, 15) is 9.59 Å². The number of carboxylic acids is 1. The Morgan fingerprint density at radius 2 is 1.23 bits per heavy atom. The summed E-state index contributed by atoms with van der Waals surface area (Å²) in [4.78, 5) is 21.6. The van der Waals surface area contributed by atoms with Crippen LogP contribution in [0.4, 0.5) is 0 Å². The minimum Gasteiger partial charge on any atom is -0.481 e. The third-order valence-electron chi connectivity index (χ3n) is 3.39. The van der Waals surface area contributed by atoms with Crippen molar-refractivity contribution >= 4 is 11.8 Å². The molecule has 0 bridgehead atoms. The number of rotatable bonds is 11. The van der Waals surface area contributed by atoms with Gasteiger partial charge in [-0.3, -0.25) is 9.59 Å². The molecule has 0 aromatic rings. The Balaban J connectivity index is 3.94. The van der Waals surface area contributed by atoms with Crippen molar-refractivity contribution in [2.75, 3.05) is 0 Å². The highest BCUT2D eigenvalue weighted by Gasteiger charge is 2.06. The van der Waals surface area contributed by atoms with Crippen molar-refractivity contribution in [2.45, 2.75) is 72.6 Å². The fourth-order valence-electron chi connectivity index (χ4n) is 2.08. The number of carbonyl (C=O) groups excluding carboxylic acids is 1. The Morgan fingerprint density at radius 3 is 1.68 bits per heavy atom. The van der Waals surface area contributed by atoms with Gasteiger partial charge in [-0.25, -0.2) is 0 Å². The first-order valence-corrected chi connectivity index (χ1v) is 7.99. The largest absolute Gasteiger partial charge is 0.481 e. The first-order valence-electron chi connectivity index (χ1n) is 7.99. The maximum absolute atomic E-state index is 11.3. The molecule has 0 saturated heterocycles. The SMILES string of the molecule is CC(C)=CCC/C(C)=C/CCC(C)=CCCC(=O)CC(=O)O. The van der Waals surface area contributed by atoms with E-state index in [1.165, 1.54) is 16.7 Å². The number of ketones is 1. The lowest BCUT2D eigenvalue weighted by atomic mass is 10.0. The average molecular weight is 306 g/mol. The summed E-state index contributed by atoms with van der Waals surface area (Å²) < 4.78 is 0. The maximum Gasteiger partial charge on any atom is 0.310 e. The normalized spacial score (nSPS) is 12.2. The molecule has 0 aromatic heterocycles. The molecule has 124 valence electrons. The minimum absolute atomic E-state index is 0.202. The second kappa shape index (κ2) is 12.0. The van der Waals surface area contributed by atoms with Gasteiger partial charge in [0.05, 0.1) is 0 Å². The van der Waals surface area contributed by atoms with Gasteiger partial charge in [-0.05, 0) is 59.8 Å². The third-order valence-corrected chi connectivity index (χ3v) is 3.39. The van der Waals surface area contributed by atoms with Crippen molar-refractivity contribution in [1.29, 1.82) is 0 Å². The summed E-state index contributed by atoms with van der Waals surface area (Å²) in [5.41, 5.74) is 4.04. The number of carboxylic acid groups (broad SMARTS) is 1. The summed E-state index contributed by atoms with van der Waals surface area (Å²) in [7, 11) is 0. The van der Waals surface area contributed by atoms with Crippen molar-refractivity contribution < 1.29 is 14.7 Å². The van der Waals surface area contributed by atoms with Crippen LogP contribution >= 0.6 is 0 Å². The molecular weight excluding hydrogens is 276 g/mol. The van der Waals surface area contributed by atoms with E-state index in [-0.39, 0.29) is 12.2 Å². The molecule has 0 rings (SSSR count). The smallest absolute Gasteiger partial charge is 0.310 e. The predicted molar refractivity (Wildman–Crippen MR) is 91.9 cm³/mol. The van der Waals surface area contributed by atoms with Crippen molar-refractivity contribution in [3.63, 3.8) is 0 Å². The molecule has 0 radical (unpaired) electrons. The number of carbonyl (C=O) groups is 2. The summed E-state index contributed by atoms with van der Waals surface area (Å²) >= 11 is 0. The lowest BCUT2D eigenvalue weighted by Gasteiger charge is -2.01. The van der Waals surface area contributed by atoms with Gasteiger partial charge in [0.25, 0.3) is 0 Å². The molecule has 0 aliphatic heterocycles. The molecule has 0 spiro atoms. The average Bonchev–Trinajstić information content (AvgIpc) is 2.37. The molecule has 0 saturated carbocycles. The van der Waals surface area contributed by atoms with Crippen LogP contribution in [-0.2, 0) is 9.59 Å². The Kier molecular flexibility index (Phi) is 11.1. The van der Waals surface area contributed by atoms with Gasteiger partial charge in [0.15, 0.2) is 0 Å². The number of aliphatic carboxylic acids is 1. The molecule has 1 N–H and O–H groups in total. The maximum atomic E-state index is 11.3. The number of allylic oxidation sites excluding steroid dienone is 6. The van der Waals surface area contributed by atoms with Crippen LogP contribution in [0.15, 0.2) is 34.9 Å². The van der Waals surface area contributed by atoms with E-state index in [0.29, 0.717) is 12.8 Å². The zero-order valence-electron chi connectivity index (χ0n) is 14.4. The molecule has 3 heteroatoms. The minimum atomic E-state index is -1.04. The highest BCUT2D eigenvalue weighted by molar-refractivity contribution is 5.94. The Hall–Kier alpha value is -1.64. The molecule has 0 unspecified atom stereocenters. The third kappa shape index (κ3) is 13.3. The summed E-state index contributed by atoms with van der Waals surface area (Å²) in [5.74, 6) is -1.24. The van der Waals surface area contributed by atoms with Crippen molar-refractivity contribution in [3.05, 3.63) is 34.9 Å². The second-order valence-electron chi connectivity index (χ2n) is 6.11. The Bertz CT molecular complexity index is 449. The topological polar surface area (TPSA) is 54.4 Å². The molecule has 0 fully saturated rings. The second-order valence-corrected chi connectivity index (χ2v) is 6.11. The van der Waals surface area contributed by atoms with E-state index in [2.05, 4.69) is 39.8 Å². The Labute approximate surface area is 134 Å². The van der Waals surface area contributed by atoms with E-state index < -0.39 is 5.97 Å². The fraction of sp³-hybridized carbons (Fsp3) is 0.579. The van der Waals surface area contributed by atoms with Crippen LogP contribution in [0.3, 0.4) is 0 Å². The van der Waals surface area contributed by atoms with E-state index >= 15 is 0 Å². The van der Waals surface area contributed by atoms with Crippen LogP contribution < -0.4 is 0 Å². The summed E-state index contributed by atoms with van der Waals surface area (Å²) in [6, 6.07) is 0. The van der Waals surface area contributed by atoms with E-state index in [1.54, 1.807) is 0 Å². The summed E-state index contributed by atoms with van der Waals surface area (Å²) in [6.07, 6.45) is 11.4. The number of Topliss-reactive ketones (excluding diaryl/α,β-unsaturated/α-hetero) is 1. The van der Waals surface area contributed by atoms with Crippen LogP contribution in [-0.4, -0.2) is 16.9 Å². The molecule has 0 aliphatic carbocycles. The molecule has 0 aliphatic rings. The Morgan fingerprint density at radius 1 is 0.773 bits per heavy atom. The zero-order chi connectivity index (χ0) is 17.0. The fourth-order valence-corrected chi connectivity index (χ4v) is 2.08. The highest BCUT2D eigenvalue weighted by atomic mass is 16.4. The summed E-state index contributed by atoms with van der Waals surface area (Å²) in [6.45, 7) is 8.47. The molecule has 0 atom stereocenters. The van der Waals surface area contributed by atoms with Gasteiger partial charge in [0, 0.05) is 6.42 Å². The number of hydrogen-bond donors (Lipinski definition) is 1. The van der Waals surface area contributed by atoms with E-state index in [4.69, 9.17) is 5.11 Å². The monoisotopic (exact) mass is 306 g/mol. The first kappa shape index (κ1) is 20.4. The molecule has 0 amide bonds. The molecule has 0 aromatic carbocycles. The first-order chi connectivity index (χ1) is 10.3.